The number of hydrogen-bond donors (Lipinski definition) is 0. The van der Waals surface area contributed by atoms with Crippen LogP contribution in [0.3, 0.4) is 0 Å². The second kappa shape index (κ2) is 4.67. The molecule has 2 aliphatic carbocycles. The van der Waals surface area contributed by atoms with Gasteiger partial charge < -0.3 is 0 Å². The van der Waals surface area contributed by atoms with Crippen molar-refractivity contribution in [2.75, 3.05) is 0 Å². The van der Waals surface area contributed by atoms with Crippen LogP contribution in [0.5, 0.6) is 0 Å². The number of benzene rings is 2. The molecule has 2 aliphatic rings. The minimum absolute atomic E-state index is 0.796. The average Bonchev–Trinajstić information content (AvgIpc) is 2.81. The third kappa shape index (κ3) is 1.98. The Kier molecular flexibility index (Phi) is 2.83. The van der Waals surface area contributed by atoms with E-state index in [2.05, 4.69) is 36.4 Å². The maximum Gasteiger partial charge on any atom is -0.0112 e. The molecule has 0 radical (unpaired) electrons. The molecular weight excluding hydrogens is 228 g/mol. The van der Waals surface area contributed by atoms with Crippen molar-refractivity contribution in [3.8, 4) is 0 Å². The molecule has 1 atom stereocenters. The van der Waals surface area contributed by atoms with Gasteiger partial charge in [0.25, 0.3) is 0 Å². The van der Waals surface area contributed by atoms with Crippen molar-refractivity contribution in [3.63, 3.8) is 0 Å². The van der Waals surface area contributed by atoms with Crippen LogP contribution in [0.4, 0.5) is 0 Å². The van der Waals surface area contributed by atoms with Gasteiger partial charge in [-0.25, -0.2) is 0 Å². The van der Waals surface area contributed by atoms with Crippen LogP contribution in [-0.4, -0.2) is 0 Å². The van der Waals surface area contributed by atoms with Crippen molar-refractivity contribution in [2.45, 2.75) is 50.9 Å². The Morgan fingerprint density at radius 2 is 1.68 bits per heavy atom. The summed E-state index contributed by atoms with van der Waals surface area (Å²) in [5.41, 5.74) is 3.23. The summed E-state index contributed by atoms with van der Waals surface area (Å²) in [6.07, 6.45) is 10.1. The fraction of sp³-hybridized carbons (Fsp3) is 0.474. The maximum absolute atomic E-state index is 2.38. The van der Waals surface area contributed by atoms with Crippen molar-refractivity contribution >= 4 is 10.8 Å². The topological polar surface area (TPSA) is 0 Å². The molecule has 0 saturated heterocycles. The van der Waals surface area contributed by atoms with Gasteiger partial charge in [-0.05, 0) is 46.6 Å². The van der Waals surface area contributed by atoms with Gasteiger partial charge in [0, 0.05) is 0 Å². The second-order valence-electron chi connectivity index (χ2n) is 6.50. The Morgan fingerprint density at radius 3 is 2.53 bits per heavy atom. The van der Waals surface area contributed by atoms with E-state index in [9.17, 15) is 0 Å². The third-order valence-corrected chi connectivity index (χ3v) is 5.27. The van der Waals surface area contributed by atoms with Gasteiger partial charge in [-0.2, -0.15) is 0 Å². The summed E-state index contributed by atoms with van der Waals surface area (Å²) in [6.45, 7) is 0. The Bertz CT molecular complexity index is 585. The lowest BCUT2D eigenvalue weighted by Gasteiger charge is -2.25. The molecule has 0 nitrogen and oxygen atoms in total. The first kappa shape index (κ1) is 11.5. The lowest BCUT2D eigenvalue weighted by atomic mass is 9.81. The Morgan fingerprint density at radius 1 is 0.895 bits per heavy atom. The summed E-state index contributed by atoms with van der Waals surface area (Å²) in [5, 5.41) is 3.02. The first-order chi connectivity index (χ1) is 9.42. The van der Waals surface area contributed by atoms with Crippen LogP contribution in [0.25, 0.3) is 10.8 Å². The van der Waals surface area contributed by atoms with Gasteiger partial charge in [0.2, 0.25) is 0 Å². The lowest BCUT2D eigenvalue weighted by molar-refractivity contribution is 0.319. The van der Waals surface area contributed by atoms with Crippen molar-refractivity contribution in [3.05, 3.63) is 47.5 Å². The maximum atomic E-state index is 2.38. The monoisotopic (exact) mass is 250 g/mol. The third-order valence-electron chi connectivity index (χ3n) is 5.27. The van der Waals surface area contributed by atoms with Gasteiger partial charge in [-0.15, -0.1) is 0 Å². The summed E-state index contributed by atoms with van der Waals surface area (Å²) in [7, 11) is 0. The fourth-order valence-electron chi connectivity index (χ4n) is 4.37. The van der Waals surface area contributed by atoms with E-state index in [1.807, 2.05) is 0 Å². The molecule has 98 valence electrons. The highest BCUT2D eigenvalue weighted by Gasteiger charge is 2.27. The molecule has 2 aromatic rings. The molecule has 2 aromatic carbocycles. The molecule has 0 aromatic heterocycles. The van der Waals surface area contributed by atoms with E-state index in [-0.39, 0.29) is 0 Å². The molecule has 19 heavy (non-hydrogen) atoms. The highest BCUT2D eigenvalue weighted by Crippen LogP contribution is 2.43. The molecule has 0 aliphatic heterocycles. The van der Waals surface area contributed by atoms with Crippen LogP contribution >= 0.6 is 0 Å². The van der Waals surface area contributed by atoms with Gasteiger partial charge in [0.15, 0.2) is 0 Å². The predicted octanol–water partition coefficient (Wildman–Crippen LogP) is 5.45. The van der Waals surface area contributed by atoms with Gasteiger partial charge in [0.1, 0.15) is 0 Å². The smallest absolute Gasteiger partial charge is 0.0112 e. The molecule has 0 amide bonds. The summed E-state index contributed by atoms with van der Waals surface area (Å²) in [6, 6.07) is 13.7. The zero-order chi connectivity index (χ0) is 12.7. The summed E-state index contributed by atoms with van der Waals surface area (Å²) in [4.78, 5) is 0. The highest BCUT2D eigenvalue weighted by molar-refractivity contribution is 5.91. The number of hydrogen-bond acceptors (Lipinski definition) is 0. The molecule has 0 N–H and O–H groups in total. The van der Waals surface area contributed by atoms with Gasteiger partial charge in [-0.3, -0.25) is 0 Å². The normalized spacial score (nSPS) is 23.1. The molecule has 1 fully saturated rings. The summed E-state index contributed by atoms with van der Waals surface area (Å²) in [5.74, 6) is 1.78. The Balaban J connectivity index is 1.65. The molecular formula is C19H22. The van der Waals surface area contributed by atoms with Crippen molar-refractivity contribution in [1.29, 1.82) is 0 Å². The lowest BCUT2D eigenvalue weighted by Crippen LogP contribution is -2.10. The van der Waals surface area contributed by atoms with E-state index < -0.39 is 0 Å². The van der Waals surface area contributed by atoms with E-state index in [1.165, 1.54) is 50.3 Å². The van der Waals surface area contributed by atoms with Crippen molar-refractivity contribution in [2.24, 2.45) is 5.92 Å². The minimum atomic E-state index is 0.796. The van der Waals surface area contributed by atoms with E-state index in [1.54, 1.807) is 16.5 Å². The molecule has 0 heteroatoms. The zero-order valence-corrected chi connectivity index (χ0v) is 11.6. The van der Waals surface area contributed by atoms with E-state index in [4.69, 9.17) is 0 Å². The summed E-state index contributed by atoms with van der Waals surface area (Å²) < 4.78 is 0. The highest BCUT2D eigenvalue weighted by atomic mass is 14.3. The largest absolute Gasteiger partial charge is 0.0614 e. The standard InChI is InChI=1S/C19H22/c1-2-6-14(7-3-1)12-17-13-16-10-4-8-15-9-5-11-18(17)19(15)16/h4-5,8-11,14,17H,1-3,6-7,12-13H2/t17-/m1/s1. The van der Waals surface area contributed by atoms with Crippen LogP contribution in [0.2, 0.25) is 0 Å². The summed E-state index contributed by atoms with van der Waals surface area (Å²) >= 11 is 0. The molecule has 0 unspecified atom stereocenters. The fourth-order valence-corrected chi connectivity index (χ4v) is 4.37. The van der Waals surface area contributed by atoms with Crippen molar-refractivity contribution < 1.29 is 0 Å². The van der Waals surface area contributed by atoms with E-state index in [0.717, 1.165) is 11.8 Å². The molecule has 4 rings (SSSR count). The SMILES string of the molecule is c1cc2c3c(cccc3c1)[C@H](CC1CCCCC1)C2. The van der Waals surface area contributed by atoms with Crippen LogP contribution < -0.4 is 0 Å². The first-order valence-electron chi connectivity index (χ1n) is 7.92. The predicted molar refractivity (Wildman–Crippen MR) is 81.6 cm³/mol. The second-order valence-corrected chi connectivity index (χ2v) is 6.50. The Labute approximate surface area is 115 Å². The average molecular weight is 250 g/mol. The molecule has 0 bridgehead atoms. The van der Waals surface area contributed by atoms with Gasteiger partial charge >= 0.3 is 0 Å². The van der Waals surface area contributed by atoms with E-state index in [0.29, 0.717) is 0 Å². The van der Waals surface area contributed by atoms with Crippen LogP contribution in [0, 0.1) is 5.92 Å². The van der Waals surface area contributed by atoms with Crippen LogP contribution in [0.1, 0.15) is 55.6 Å². The zero-order valence-electron chi connectivity index (χ0n) is 11.6. The van der Waals surface area contributed by atoms with Crippen LogP contribution in [-0.2, 0) is 6.42 Å². The first-order valence-corrected chi connectivity index (χ1v) is 7.92. The van der Waals surface area contributed by atoms with Crippen LogP contribution in [0.15, 0.2) is 36.4 Å². The minimum Gasteiger partial charge on any atom is -0.0614 e. The molecule has 0 heterocycles. The van der Waals surface area contributed by atoms with E-state index >= 15 is 0 Å². The number of rotatable bonds is 2. The molecule has 1 saturated carbocycles. The van der Waals surface area contributed by atoms with Gasteiger partial charge in [0.05, 0.1) is 0 Å². The quantitative estimate of drug-likeness (QED) is 0.665. The molecule has 0 spiro atoms. The van der Waals surface area contributed by atoms with Gasteiger partial charge in [-0.1, -0.05) is 68.5 Å². The van der Waals surface area contributed by atoms with Crippen molar-refractivity contribution in [1.82, 2.24) is 0 Å². The Hall–Kier alpha value is -1.30.